The number of fused-ring (bicyclic) bond motifs is 4. The second-order valence-electron chi connectivity index (χ2n) is 7.02. The van der Waals surface area contributed by atoms with E-state index in [0.29, 0.717) is 0 Å². The van der Waals surface area contributed by atoms with Crippen molar-refractivity contribution in [3.05, 3.63) is 100.0 Å². The topological polar surface area (TPSA) is 33.6 Å². The molecule has 29 heavy (non-hydrogen) atoms. The standard InChI is InChI=1S/C24H17As2N2O/c1-4-11-19-16(8-1)25-24-22(27-19)14-7-15-23(24)29-26-17-9-2-5-12-20(17)28-21-13-6-3-10-18(21)26/h1-9,11-15,28H,10H2. The molecule has 1 aliphatic carbocycles. The molecule has 3 aromatic carbocycles. The molecule has 0 fully saturated rings. The second kappa shape index (κ2) is 7.09. The minimum atomic E-state index is -1.90. The molecule has 2 aliphatic heterocycles. The molecule has 1 atom stereocenters. The van der Waals surface area contributed by atoms with Gasteiger partial charge in [0.25, 0.3) is 0 Å². The number of anilines is 1. The maximum absolute atomic E-state index is 6.92. The Morgan fingerprint density at radius 3 is 2.86 bits per heavy atom. The number of allylic oxidation sites excluding steroid dienone is 4. The second-order valence-corrected chi connectivity index (χ2v) is 13.2. The van der Waals surface area contributed by atoms with Crippen LogP contribution in [0.2, 0.25) is 0 Å². The van der Waals surface area contributed by atoms with Gasteiger partial charge in [0.05, 0.1) is 0 Å². The van der Waals surface area contributed by atoms with Crippen molar-refractivity contribution in [2.24, 2.45) is 4.99 Å². The van der Waals surface area contributed by atoms with Crippen molar-refractivity contribution < 1.29 is 3.73 Å². The van der Waals surface area contributed by atoms with Crippen LogP contribution < -0.4 is 23.1 Å². The van der Waals surface area contributed by atoms with Crippen LogP contribution in [-0.4, -0.2) is 34.2 Å². The first-order chi connectivity index (χ1) is 14.4. The summed E-state index contributed by atoms with van der Waals surface area (Å²) in [6, 6.07) is 23.4. The Bertz CT molecular complexity index is 1390. The van der Waals surface area contributed by atoms with Crippen molar-refractivity contribution in [1.29, 1.82) is 0 Å². The van der Waals surface area contributed by atoms with Gasteiger partial charge in [-0.1, -0.05) is 0 Å². The summed E-state index contributed by atoms with van der Waals surface area (Å²) in [5, 5.41) is 4.68. The fraction of sp³-hybridized carbons (Fsp3) is 0.0417. The van der Waals surface area contributed by atoms with Gasteiger partial charge in [0.2, 0.25) is 0 Å². The number of benzene rings is 3. The Hall–Kier alpha value is -2.47. The van der Waals surface area contributed by atoms with E-state index in [9.17, 15) is 0 Å². The van der Waals surface area contributed by atoms with Gasteiger partial charge in [0, 0.05) is 0 Å². The molecule has 6 rings (SSSR count). The Kier molecular flexibility index (Phi) is 4.25. The first-order valence-electron chi connectivity index (χ1n) is 9.59. The molecule has 3 nitrogen and oxygen atoms in total. The van der Waals surface area contributed by atoms with Gasteiger partial charge >= 0.3 is 180 Å². The molecule has 0 saturated carbocycles. The van der Waals surface area contributed by atoms with E-state index in [1.165, 1.54) is 28.3 Å². The molecule has 139 valence electrons. The van der Waals surface area contributed by atoms with Crippen molar-refractivity contribution in [3.8, 4) is 5.75 Å². The van der Waals surface area contributed by atoms with Crippen LogP contribution in [0.25, 0.3) is 0 Å². The van der Waals surface area contributed by atoms with Crippen LogP contribution in [-0.2, 0) is 0 Å². The van der Waals surface area contributed by atoms with Gasteiger partial charge in [-0.15, -0.1) is 0 Å². The van der Waals surface area contributed by atoms with Crippen molar-refractivity contribution in [2.45, 2.75) is 6.42 Å². The van der Waals surface area contributed by atoms with Crippen molar-refractivity contribution in [1.82, 2.24) is 0 Å². The van der Waals surface area contributed by atoms with Gasteiger partial charge in [0.1, 0.15) is 0 Å². The third-order valence-electron chi connectivity index (χ3n) is 5.18. The summed E-state index contributed by atoms with van der Waals surface area (Å²) >= 11 is -2.04. The van der Waals surface area contributed by atoms with E-state index in [1.807, 2.05) is 0 Å². The first-order valence-corrected chi connectivity index (χ1v) is 14.1. The fourth-order valence-corrected chi connectivity index (χ4v) is 10.7. The summed E-state index contributed by atoms with van der Waals surface area (Å²) in [6.45, 7) is 0. The molecule has 0 saturated heterocycles. The predicted molar refractivity (Wildman–Crippen MR) is 121 cm³/mol. The molecule has 0 spiro atoms. The molecule has 2 heterocycles. The molecule has 0 amide bonds. The molecule has 1 radical (unpaired) electrons. The molecule has 0 aromatic heterocycles. The summed E-state index contributed by atoms with van der Waals surface area (Å²) in [7, 11) is 0. The Morgan fingerprint density at radius 2 is 1.86 bits per heavy atom. The summed E-state index contributed by atoms with van der Waals surface area (Å²) in [4.78, 5) is 4.91. The van der Waals surface area contributed by atoms with Crippen molar-refractivity contribution in [2.75, 3.05) is 5.32 Å². The van der Waals surface area contributed by atoms with Crippen LogP contribution in [0.4, 0.5) is 11.4 Å². The third-order valence-corrected chi connectivity index (χ3v) is 12.3. The van der Waals surface area contributed by atoms with E-state index in [0.717, 1.165) is 23.2 Å². The summed E-state index contributed by atoms with van der Waals surface area (Å²) < 4.78 is 12.3. The van der Waals surface area contributed by atoms with Crippen LogP contribution >= 0.6 is 0 Å². The number of hydrogen-bond acceptors (Lipinski definition) is 3. The molecule has 5 heteroatoms. The van der Waals surface area contributed by atoms with E-state index < -0.39 is 14.6 Å². The van der Waals surface area contributed by atoms with Crippen LogP contribution in [0.15, 0.2) is 95.6 Å². The average Bonchev–Trinajstić information content (AvgIpc) is 2.78. The normalized spacial score (nSPS) is 17.3. The fourth-order valence-electron chi connectivity index (χ4n) is 3.80. The van der Waals surface area contributed by atoms with Gasteiger partial charge < -0.3 is 0 Å². The predicted octanol–water partition coefficient (Wildman–Crippen LogP) is 2.53. The van der Waals surface area contributed by atoms with Gasteiger partial charge in [-0.05, 0) is 0 Å². The molecule has 3 aliphatic rings. The molecular weight excluding hydrogens is 482 g/mol. The van der Waals surface area contributed by atoms with Crippen LogP contribution in [0, 0.1) is 3.95 Å². The maximum atomic E-state index is 6.92. The molecule has 1 N–H and O–H groups in total. The van der Waals surface area contributed by atoms with Crippen LogP contribution in [0.3, 0.4) is 0 Å². The molecule has 3 aromatic rings. The van der Waals surface area contributed by atoms with Gasteiger partial charge in [0.15, 0.2) is 0 Å². The first kappa shape index (κ1) is 17.4. The minimum absolute atomic E-state index is 0.138. The quantitative estimate of drug-likeness (QED) is 0.431. The molecular formula is C24H17As2N2O. The van der Waals surface area contributed by atoms with E-state index in [4.69, 9.17) is 8.72 Å². The SMILES string of the molecule is C1=CCC2=[As](Oc3cccc4c3=[As]c3ccccc3N=4)c3ccccc3NC2=C1. The van der Waals surface area contributed by atoms with Gasteiger partial charge in [-0.2, -0.15) is 0 Å². The van der Waals surface area contributed by atoms with Gasteiger partial charge in [-0.25, -0.2) is 0 Å². The Balaban J connectivity index is 1.54. The van der Waals surface area contributed by atoms with Crippen LogP contribution in [0.5, 0.6) is 5.75 Å². The number of hydrogen-bond donors (Lipinski definition) is 1. The van der Waals surface area contributed by atoms with Crippen molar-refractivity contribution >= 4 is 54.2 Å². The van der Waals surface area contributed by atoms with E-state index in [1.54, 1.807) is 0 Å². The zero-order chi connectivity index (χ0) is 19.2. The van der Waals surface area contributed by atoms with Crippen LogP contribution in [0.1, 0.15) is 6.42 Å². The number of para-hydroxylation sites is 2. The van der Waals surface area contributed by atoms with Gasteiger partial charge in [-0.3, -0.25) is 0 Å². The van der Waals surface area contributed by atoms with E-state index in [-0.39, 0.29) is 15.3 Å². The number of nitrogens with one attached hydrogen (secondary N) is 1. The summed E-state index contributed by atoms with van der Waals surface area (Å²) in [5.41, 5.74) is 3.52. The van der Waals surface area contributed by atoms with E-state index >= 15 is 0 Å². The zero-order valence-electron chi connectivity index (χ0n) is 15.5. The van der Waals surface area contributed by atoms with E-state index in [2.05, 4.69) is 90.3 Å². The molecule has 0 bridgehead atoms. The summed E-state index contributed by atoms with van der Waals surface area (Å²) in [5.74, 6) is 1.03. The van der Waals surface area contributed by atoms with Crippen molar-refractivity contribution in [3.63, 3.8) is 0 Å². The average molecular weight is 499 g/mol. The summed E-state index contributed by atoms with van der Waals surface area (Å²) in [6.07, 6.45) is 7.51. The monoisotopic (exact) mass is 499 g/mol. The Labute approximate surface area is 179 Å². The third kappa shape index (κ3) is 3.01. The molecule has 1 unspecified atom stereocenters. The zero-order valence-corrected chi connectivity index (χ0v) is 19.3. The number of rotatable bonds is 2. The number of nitrogens with zero attached hydrogens (tertiary/aromatic N) is 1. The Morgan fingerprint density at radius 1 is 0.966 bits per heavy atom.